The molecule has 0 unspecified atom stereocenters. The van der Waals surface area contributed by atoms with Gasteiger partial charge in [-0.2, -0.15) is 0 Å². The lowest BCUT2D eigenvalue weighted by Gasteiger charge is -2.14. The molecule has 0 aromatic heterocycles. The molecular weight excluding hydrogens is 406 g/mol. The summed E-state index contributed by atoms with van der Waals surface area (Å²) in [5, 5.41) is 2.73. The minimum atomic E-state index is -0.510. The molecule has 0 saturated heterocycles. The van der Waals surface area contributed by atoms with Crippen molar-refractivity contribution in [1.82, 2.24) is 0 Å². The lowest BCUT2D eigenvalue weighted by Crippen LogP contribution is -2.08. The maximum atomic E-state index is 12.4. The number of hydrogen-bond donors (Lipinski definition) is 1. The monoisotopic (exact) mass is 431 g/mol. The second-order valence-corrected chi connectivity index (χ2v) is 6.08. The summed E-state index contributed by atoms with van der Waals surface area (Å²) in [5.74, 6) is 1.09. The molecule has 0 fully saturated rings. The van der Waals surface area contributed by atoms with E-state index < -0.39 is 11.9 Å². The fourth-order valence-electron chi connectivity index (χ4n) is 2.75. The fourth-order valence-corrected chi connectivity index (χ4v) is 2.75. The maximum Gasteiger partial charge on any atom is 0.308 e. The van der Waals surface area contributed by atoms with E-state index in [1.165, 1.54) is 48.5 Å². The van der Waals surface area contributed by atoms with Gasteiger partial charge in [0.1, 0.15) is 0 Å². The lowest BCUT2D eigenvalue weighted by molar-refractivity contribution is -0.132. The number of benzene rings is 2. The highest BCUT2D eigenvalue weighted by molar-refractivity contribution is 6.02. The van der Waals surface area contributed by atoms with Crippen molar-refractivity contribution in [3.8, 4) is 34.5 Å². The largest absolute Gasteiger partial charge is 0.493 e. The zero-order valence-electron chi connectivity index (χ0n) is 18.2. The number of anilines is 1. The Morgan fingerprint density at radius 3 is 1.65 bits per heavy atom. The SMILES string of the molecule is COc1cc(NC(=O)C=Cc2cc(OC)c(OC(C)=O)c(OC)c2)cc(OC)c1OC. The van der Waals surface area contributed by atoms with E-state index >= 15 is 0 Å². The second kappa shape index (κ2) is 10.8. The van der Waals surface area contributed by atoms with Crippen molar-refractivity contribution < 1.29 is 38.0 Å². The van der Waals surface area contributed by atoms with E-state index in [1.807, 2.05) is 0 Å². The van der Waals surface area contributed by atoms with E-state index in [4.69, 9.17) is 28.4 Å². The van der Waals surface area contributed by atoms with Crippen molar-refractivity contribution in [3.63, 3.8) is 0 Å². The van der Waals surface area contributed by atoms with Crippen molar-refractivity contribution in [1.29, 1.82) is 0 Å². The van der Waals surface area contributed by atoms with E-state index in [-0.39, 0.29) is 5.75 Å². The summed E-state index contributed by atoms with van der Waals surface area (Å²) in [6.07, 6.45) is 2.90. The van der Waals surface area contributed by atoms with Crippen LogP contribution in [-0.2, 0) is 9.59 Å². The Bertz CT molecular complexity index is 933. The minimum absolute atomic E-state index is 0.163. The molecule has 0 saturated carbocycles. The standard InChI is InChI=1S/C22H25NO8/c1-13(24)31-22-16(26-2)9-14(10-17(22)27-3)7-8-20(25)23-15-11-18(28-4)21(30-6)19(12-15)29-5/h7-12H,1-6H3,(H,23,25). The highest BCUT2D eigenvalue weighted by Crippen LogP contribution is 2.40. The van der Waals surface area contributed by atoms with Crippen LogP contribution in [0.15, 0.2) is 30.3 Å². The van der Waals surface area contributed by atoms with Gasteiger partial charge in [0.2, 0.25) is 17.4 Å². The molecule has 0 radical (unpaired) electrons. The summed E-state index contributed by atoms with van der Waals surface area (Å²) < 4.78 is 31.5. The summed E-state index contributed by atoms with van der Waals surface area (Å²) in [7, 11) is 7.35. The van der Waals surface area contributed by atoms with E-state index in [0.717, 1.165) is 0 Å². The van der Waals surface area contributed by atoms with Crippen molar-refractivity contribution in [2.24, 2.45) is 0 Å². The first-order chi connectivity index (χ1) is 14.9. The van der Waals surface area contributed by atoms with Gasteiger partial charge < -0.3 is 33.7 Å². The summed E-state index contributed by atoms with van der Waals surface area (Å²) in [6, 6.07) is 6.47. The zero-order chi connectivity index (χ0) is 23.0. The molecule has 9 nitrogen and oxygen atoms in total. The van der Waals surface area contributed by atoms with Crippen LogP contribution in [0.1, 0.15) is 12.5 Å². The Morgan fingerprint density at radius 1 is 0.742 bits per heavy atom. The molecule has 2 aromatic carbocycles. The first-order valence-corrected chi connectivity index (χ1v) is 9.10. The van der Waals surface area contributed by atoms with Gasteiger partial charge >= 0.3 is 5.97 Å². The molecule has 9 heteroatoms. The second-order valence-electron chi connectivity index (χ2n) is 6.08. The first kappa shape index (κ1) is 23.4. The van der Waals surface area contributed by atoms with Crippen molar-refractivity contribution >= 4 is 23.6 Å². The molecule has 2 rings (SSSR count). The van der Waals surface area contributed by atoms with E-state index in [0.29, 0.717) is 40.0 Å². The van der Waals surface area contributed by atoms with Crippen LogP contribution in [0.5, 0.6) is 34.5 Å². The third-order valence-corrected chi connectivity index (χ3v) is 4.09. The maximum absolute atomic E-state index is 12.4. The summed E-state index contributed by atoms with van der Waals surface area (Å²) in [5.41, 5.74) is 1.06. The topological polar surface area (TPSA) is 102 Å². The predicted octanol–water partition coefficient (Wildman–Crippen LogP) is 3.31. The predicted molar refractivity (Wildman–Crippen MR) is 115 cm³/mol. The minimum Gasteiger partial charge on any atom is -0.493 e. The highest BCUT2D eigenvalue weighted by Gasteiger charge is 2.16. The van der Waals surface area contributed by atoms with Crippen LogP contribution in [0.4, 0.5) is 5.69 Å². The Balaban J connectivity index is 2.26. The fraction of sp³-hybridized carbons (Fsp3) is 0.273. The molecule has 0 aliphatic heterocycles. The number of ether oxygens (including phenoxy) is 6. The zero-order valence-corrected chi connectivity index (χ0v) is 18.2. The lowest BCUT2D eigenvalue weighted by atomic mass is 10.1. The van der Waals surface area contributed by atoms with Gasteiger partial charge in [0.05, 0.1) is 35.5 Å². The van der Waals surface area contributed by atoms with Gasteiger partial charge in [0, 0.05) is 30.8 Å². The van der Waals surface area contributed by atoms with Crippen LogP contribution in [0.25, 0.3) is 6.08 Å². The first-order valence-electron chi connectivity index (χ1n) is 9.10. The quantitative estimate of drug-likeness (QED) is 0.367. The Morgan fingerprint density at radius 2 is 1.23 bits per heavy atom. The molecule has 0 aliphatic rings. The number of carbonyl (C=O) groups is 2. The van der Waals surface area contributed by atoms with E-state index in [2.05, 4.69) is 5.32 Å². The van der Waals surface area contributed by atoms with Crippen LogP contribution in [0.2, 0.25) is 0 Å². The Labute approximate surface area is 180 Å². The van der Waals surface area contributed by atoms with Crippen molar-refractivity contribution in [2.75, 3.05) is 40.9 Å². The Hall–Kier alpha value is -3.88. The number of rotatable bonds is 9. The van der Waals surface area contributed by atoms with Crippen LogP contribution in [0, 0.1) is 0 Å². The van der Waals surface area contributed by atoms with Gasteiger partial charge in [0.15, 0.2) is 23.0 Å². The molecule has 1 amide bonds. The number of methoxy groups -OCH3 is 5. The molecule has 0 aliphatic carbocycles. The Kier molecular flexibility index (Phi) is 8.13. The highest BCUT2D eigenvalue weighted by atomic mass is 16.6. The molecule has 31 heavy (non-hydrogen) atoms. The van der Waals surface area contributed by atoms with Gasteiger partial charge in [-0.05, 0) is 23.8 Å². The third kappa shape index (κ3) is 5.81. The van der Waals surface area contributed by atoms with Crippen molar-refractivity contribution in [3.05, 3.63) is 35.9 Å². The number of esters is 1. The van der Waals surface area contributed by atoms with E-state index in [9.17, 15) is 9.59 Å². The van der Waals surface area contributed by atoms with Crippen LogP contribution in [-0.4, -0.2) is 47.4 Å². The third-order valence-electron chi connectivity index (χ3n) is 4.09. The van der Waals surface area contributed by atoms with Crippen LogP contribution >= 0.6 is 0 Å². The average Bonchev–Trinajstić information content (AvgIpc) is 2.76. The summed E-state index contributed by atoms with van der Waals surface area (Å²) >= 11 is 0. The van der Waals surface area contributed by atoms with Crippen molar-refractivity contribution in [2.45, 2.75) is 6.92 Å². The molecule has 2 aromatic rings. The van der Waals surface area contributed by atoms with Gasteiger partial charge in [-0.15, -0.1) is 0 Å². The van der Waals surface area contributed by atoms with E-state index in [1.54, 1.807) is 30.3 Å². The number of hydrogen-bond acceptors (Lipinski definition) is 8. The number of amides is 1. The van der Waals surface area contributed by atoms with Crippen LogP contribution in [0.3, 0.4) is 0 Å². The molecule has 0 spiro atoms. The number of carbonyl (C=O) groups excluding carboxylic acids is 2. The summed E-state index contributed by atoms with van der Waals surface area (Å²) in [6.45, 7) is 1.28. The number of nitrogens with one attached hydrogen (secondary N) is 1. The molecule has 0 bridgehead atoms. The molecular formula is C22H25NO8. The van der Waals surface area contributed by atoms with Gasteiger partial charge in [-0.3, -0.25) is 9.59 Å². The van der Waals surface area contributed by atoms with Gasteiger partial charge in [0.25, 0.3) is 0 Å². The van der Waals surface area contributed by atoms with Crippen LogP contribution < -0.4 is 33.7 Å². The molecule has 166 valence electrons. The van der Waals surface area contributed by atoms with Gasteiger partial charge in [-0.25, -0.2) is 0 Å². The normalized spacial score (nSPS) is 10.4. The molecule has 0 heterocycles. The average molecular weight is 431 g/mol. The molecule has 0 atom stereocenters. The summed E-state index contributed by atoms with van der Waals surface area (Å²) in [4.78, 5) is 23.7. The smallest absolute Gasteiger partial charge is 0.308 e. The molecule has 1 N–H and O–H groups in total. The van der Waals surface area contributed by atoms with Gasteiger partial charge in [-0.1, -0.05) is 0 Å².